The molecule has 2 amide bonds. The smallest absolute Gasteiger partial charge is 0.245 e. The minimum atomic E-state index is -3.97. The summed E-state index contributed by atoms with van der Waals surface area (Å²) >= 11 is 5.93. The van der Waals surface area contributed by atoms with Crippen LogP contribution in [0.4, 0.5) is 0 Å². The van der Waals surface area contributed by atoms with E-state index in [-0.39, 0.29) is 17.2 Å². The van der Waals surface area contributed by atoms with Crippen LogP contribution in [-0.2, 0) is 31.9 Å². The van der Waals surface area contributed by atoms with Crippen molar-refractivity contribution in [1.29, 1.82) is 0 Å². The maximum absolute atomic E-state index is 13.5. The van der Waals surface area contributed by atoms with Crippen LogP contribution in [0.3, 0.4) is 0 Å². The minimum Gasteiger partial charge on any atom is -0.344 e. The number of carbonyl (C=O) groups excluding carboxylic acids is 2. The highest BCUT2D eigenvalue weighted by Crippen LogP contribution is 2.24. The van der Waals surface area contributed by atoms with Crippen molar-refractivity contribution in [2.24, 2.45) is 0 Å². The highest BCUT2D eigenvalue weighted by Gasteiger charge is 2.30. The van der Waals surface area contributed by atoms with Gasteiger partial charge in [-0.25, -0.2) is 13.1 Å². The molecule has 0 aliphatic carbocycles. The second kappa shape index (κ2) is 13.5. The average molecular weight is 604 g/mol. The molecule has 1 aliphatic heterocycles. The number of benzene rings is 4. The number of amides is 2. The number of likely N-dealkylation sites (tertiary alicyclic amines) is 1. The van der Waals surface area contributed by atoms with Gasteiger partial charge in [0.1, 0.15) is 6.04 Å². The first-order valence-electron chi connectivity index (χ1n) is 14.1. The van der Waals surface area contributed by atoms with Crippen molar-refractivity contribution in [3.63, 3.8) is 0 Å². The van der Waals surface area contributed by atoms with Gasteiger partial charge >= 0.3 is 0 Å². The summed E-state index contributed by atoms with van der Waals surface area (Å²) in [4.78, 5) is 28.9. The van der Waals surface area contributed by atoms with Crippen LogP contribution in [0.5, 0.6) is 0 Å². The summed E-state index contributed by atoms with van der Waals surface area (Å²) in [5.74, 6) is -0.154. The predicted molar refractivity (Wildman–Crippen MR) is 166 cm³/mol. The third-order valence-corrected chi connectivity index (χ3v) is 9.37. The lowest BCUT2D eigenvalue weighted by Crippen LogP contribution is -2.49. The number of fused-ring (bicyclic) bond motifs is 1. The van der Waals surface area contributed by atoms with Gasteiger partial charge in [0, 0.05) is 31.8 Å². The molecule has 0 saturated carbocycles. The summed E-state index contributed by atoms with van der Waals surface area (Å²) < 4.78 is 29.8. The van der Waals surface area contributed by atoms with E-state index in [4.69, 9.17) is 11.6 Å². The van der Waals surface area contributed by atoms with Crippen molar-refractivity contribution >= 4 is 44.2 Å². The van der Waals surface area contributed by atoms with Crippen molar-refractivity contribution < 1.29 is 18.0 Å². The third kappa shape index (κ3) is 7.37. The summed E-state index contributed by atoms with van der Waals surface area (Å²) in [7, 11) is -3.97. The first-order chi connectivity index (χ1) is 20.3. The molecule has 1 heterocycles. The lowest BCUT2D eigenvalue weighted by molar-refractivity contribution is -0.135. The van der Waals surface area contributed by atoms with Crippen LogP contribution in [0.2, 0.25) is 0 Å². The molecule has 0 bridgehead atoms. The van der Waals surface area contributed by atoms with E-state index >= 15 is 0 Å². The Balaban J connectivity index is 1.36. The zero-order chi connectivity index (χ0) is 29.5. The van der Waals surface area contributed by atoms with Gasteiger partial charge < -0.3 is 10.2 Å². The Morgan fingerprint density at radius 3 is 2.14 bits per heavy atom. The van der Waals surface area contributed by atoms with E-state index < -0.39 is 28.0 Å². The van der Waals surface area contributed by atoms with Crippen molar-refractivity contribution in [2.45, 2.75) is 48.5 Å². The molecule has 4 aromatic rings. The number of nitrogens with one attached hydrogen (secondary N) is 2. The van der Waals surface area contributed by atoms with E-state index in [1.165, 1.54) is 0 Å². The van der Waals surface area contributed by atoms with Crippen LogP contribution < -0.4 is 10.0 Å². The fourth-order valence-electron chi connectivity index (χ4n) is 5.30. The lowest BCUT2D eigenvalue weighted by Gasteiger charge is -2.25. The number of sulfonamides is 1. The molecule has 2 unspecified atom stereocenters. The van der Waals surface area contributed by atoms with Gasteiger partial charge in [-0.1, -0.05) is 84.9 Å². The number of hydrogen-bond donors (Lipinski definition) is 2. The highest BCUT2D eigenvalue weighted by atomic mass is 35.5. The summed E-state index contributed by atoms with van der Waals surface area (Å²) in [6.07, 6.45) is 2.02. The first kappa shape index (κ1) is 29.8. The van der Waals surface area contributed by atoms with Crippen LogP contribution in [0.25, 0.3) is 10.8 Å². The summed E-state index contributed by atoms with van der Waals surface area (Å²) in [6.45, 7) is 1.32. The molecule has 1 saturated heterocycles. The monoisotopic (exact) mass is 603 g/mol. The van der Waals surface area contributed by atoms with Crippen LogP contribution >= 0.6 is 11.6 Å². The second-order valence-corrected chi connectivity index (χ2v) is 12.6. The van der Waals surface area contributed by atoms with Crippen LogP contribution in [-0.4, -0.2) is 44.3 Å². The third-order valence-electron chi connectivity index (χ3n) is 7.59. The molecule has 2 N–H and O–H groups in total. The van der Waals surface area contributed by atoms with E-state index in [1.54, 1.807) is 47.4 Å². The van der Waals surface area contributed by atoms with Gasteiger partial charge in [0.05, 0.1) is 10.9 Å². The fraction of sp³-hybridized carbons (Fsp3) is 0.273. The molecule has 7 nitrogen and oxygen atoms in total. The summed E-state index contributed by atoms with van der Waals surface area (Å²) in [5, 5.41) is 4.66. The van der Waals surface area contributed by atoms with E-state index in [1.807, 2.05) is 54.6 Å². The maximum atomic E-state index is 13.5. The van der Waals surface area contributed by atoms with Gasteiger partial charge in [-0.15, -0.1) is 11.6 Å². The molecule has 42 heavy (non-hydrogen) atoms. The molecule has 5 rings (SSSR count). The number of alkyl halides is 1. The quantitative estimate of drug-likeness (QED) is 0.226. The molecule has 0 spiro atoms. The molecule has 0 aromatic heterocycles. The Kier molecular flexibility index (Phi) is 9.57. The van der Waals surface area contributed by atoms with Crippen LogP contribution in [0, 0.1) is 0 Å². The number of carbonyl (C=O) groups is 2. The zero-order valence-electron chi connectivity index (χ0n) is 23.2. The lowest BCUT2D eigenvalue weighted by atomic mass is 10.0. The zero-order valence-corrected chi connectivity index (χ0v) is 24.8. The minimum absolute atomic E-state index is 0.116. The van der Waals surface area contributed by atoms with E-state index in [0.717, 1.165) is 34.7 Å². The van der Waals surface area contributed by atoms with Gasteiger partial charge in [-0.3, -0.25) is 9.59 Å². The number of nitrogens with zero attached hydrogens (tertiary/aromatic N) is 1. The molecule has 218 valence electrons. The topological polar surface area (TPSA) is 95.6 Å². The van der Waals surface area contributed by atoms with Gasteiger partial charge in [-0.2, -0.15) is 0 Å². The Labute approximate surface area is 251 Å². The molecule has 9 heteroatoms. The van der Waals surface area contributed by atoms with Gasteiger partial charge in [0.25, 0.3) is 0 Å². The van der Waals surface area contributed by atoms with Crippen LogP contribution in [0.1, 0.15) is 42.0 Å². The number of hydrogen-bond acceptors (Lipinski definition) is 4. The fourth-order valence-corrected chi connectivity index (χ4v) is 6.74. The standard InChI is InChI=1S/C33H34ClN3O4S/c34-23-25-14-12-24(13-15-25)20-31(33(39)37-18-6-7-19-37)35-32(38)22-30(27-9-2-1-3-10-27)36-42(40,41)29-17-16-26-8-4-5-11-28(26)21-29/h1-5,8-17,21,30-31,36H,6-7,18-20,22-23H2,(H,35,38). The Morgan fingerprint density at radius 1 is 0.810 bits per heavy atom. The SMILES string of the molecule is O=C(CC(NS(=O)(=O)c1ccc2ccccc2c1)c1ccccc1)NC(Cc1ccc(CCl)cc1)C(=O)N1CCCC1. The molecule has 4 aromatic carbocycles. The van der Waals surface area contributed by atoms with Gasteiger partial charge in [-0.05, 0) is 52.4 Å². The molecule has 2 atom stereocenters. The van der Waals surface area contributed by atoms with Crippen molar-refractivity contribution in [3.05, 3.63) is 114 Å². The van der Waals surface area contributed by atoms with Gasteiger partial charge in [0.15, 0.2) is 0 Å². The van der Waals surface area contributed by atoms with E-state index in [2.05, 4.69) is 10.0 Å². The highest BCUT2D eigenvalue weighted by molar-refractivity contribution is 7.89. The summed E-state index contributed by atoms with van der Waals surface area (Å²) in [6, 6.07) is 27.5. The second-order valence-electron chi connectivity index (χ2n) is 10.6. The molecule has 1 fully saturated rings. The van der Waals surface area contributed by atoms with Crippen molar-refractivity contribution in [3.8, 4) is 0 Å². The number of rotatable bonds is 11. The molecular weight excluding hydrogens is 570 g/mol. The molecular formula is C33H34ClN3O4S. The van der Waals surface area contributed by atoms with E-state index in [0.29, 0.717) is 31.0 Å². The predicted octanol–water partition coefficient (Wildman–Crippen LogP) is 5.34. The Morgan fingerprint density at radius 2 is 1.45 bits per heavy atom. The average Bonchev–Trinajstić information content (AvgIpc) is 3.56. The van der Waals surface area contributed by atoms with Crippen molar-refractivity contribution in [1.82, 2.24) is 14.9 Å². The maximum Gasteiger partial charge on any atom is 0.245 e. The Hall–Kier alpha value is -3.72. The Bertz CT molecular complexity index is 1640. The molecule has 1 aliphatic rings. The van der Waals surface area contributed by atoms with E-state index in [9.17, 15) is 18.0 Å². The molecule has 0 radical (unpaired) electrons. The van der Waals surface area contributed by atoms with Gasteiger partial charge in [0.2, 0.25) is 21.8 Å². The number of halogens is 1. The van der Waals surface area contributed by atoms with Crippen molar-refractivity contribution in [2.75, 3.05) is 13.1 Å². The normalized spacial score (nSPS) is 14.9. The first-order valence-corrected chi connectivity index (χ1v) is 16.1. The van der Waals surface area contributed by atoms with Crippen LogP contribution in [0.15, 0.2) is 102 Å². The largest absolute Gasteiger partial charge is 0.344 e. The summed E-state index contributed by atoms with van der Waals surface area (Å²) in [5.41, 5.74) is 2.52.